The van der Waals surface area contributed by atoms with Crippen LogP contribution >= 0.6 is 0 Å². The molecule has 0 spiro atoms. The van der Waals surface area contributed by atoms with Crippen molar-refractivity contribution in [1.82, 2.24) is 0 Å². The van der Waals surface area contributed by atoms with Crippen LogP contribution in [0, 0.1) is 19.7 Å². The molecule has 2 aromatic carbocycles. The van der Waals surface area contributed by atoms with Gasteiger partial charge in [-0.3, -0.25) is 4.79 Å². The molecule has 2 rings (SSSR count). The van der Waals surface area contributed by atoms with E-state index in [0.717, 1.165) is 16.8 Å². The van der Waals surface area contributed by atoms with Gasteiger partial charge in [-0.25, -0.2) is 4.39 Å². The highest BCUT2D eigenvalue weighted by molar-refractivity contribution is 5.91. The number of aryl methyl sites for hydroxylation is 2. The molecule has 0 heterocycles. The number of nitrogens with one attached hydrogen (secondary N) is 1. The van der Waals surface area contributed by atoms with Crippen molar-refractivity contribution in [2.75, 3.05) is 5.32 Å². The van der Waals surface area contributed by atoms with E-state index in [1.807, 2.05) is 32.0 Å². The second kappa shape index (κ2) is 6.33. The van der Waals surface area contributed by atoms with Crippen molar-refractivity contribution in [3.63, 3.8) is 0 Å². The van der Waals surface area contributed by atoms with Crippen LogP contribution in [0.5, 0.6) is 0 Å². The molecule has 0 fully saturated rings. The second-order valence-electron chi connectivity index (χ2n) is 4.89. The number of hydrogen-bond acceptors (Lipinski definition) is 1. The van der Waals surface area contributed by atoms with Crippen LogP contribution in [0.4, 0.5) is 10.1 Å². The van der Waals surface area contributed by atoms with Gasteiger partial charge in [-0.2, -0.15) is 0 Å². The van der Waals surface area contributed by atoms with Gasteiger partial charge in [-0.05, 0) is 49.1 Å². The van der Waals surface area contributed by atoms with Gasteiger partial charge in [-0.15, -0.1) is 0 Å². The number of carbonyl (C=O) groups is 1. The number of amides is 1. The van der Waals surface area contributed by atoms with E-state index in [-0.39, 0.29) is 18.1 Å². The maximum atomic E-state index is 13.5. The van der Waals surface area contributed by atoms with Crippen LogP contribution in [0.1, 0.15) is 23.1 Å². The van der Waals surface area contributed by atoms with Crippen molar-refractivity contribution in [1.29, 1.82) is 0 Å². The summed E-state index contributed by atoms with van der Waals surface area (Å²) in [4.78, 5) is 11.9. The van der Waals surface area contributed by atoms with Crippen LogP contribution in [0.15, 0.2) is 42.5 Å². The first kappa shape index (κ1) is 14.3. The molecule has 3 heteroatoms. The lowest BCUT2D eigenvalue weighted by atomic mass is 10.1. The van der Waals surface area contributed by atoms with Crippen LogP contribution in [0.3, 0.4) is 0 Å². The highest BCUT2D eigenvalue weighted by Crippen LogP contribution is 2.18. The standard InChI is InChI=1S/C17H18FNO/c1-12-6-5-9-16(13(12)2)19-17(20)11-10-14-7-3-4-8-15(14)18/h3-9H,10-11H2,1-2H3,(H,19,20). The van der Waals surface area contributed by atoms with E-state index >= 15 is 0 Å². The molecule has 0 aliphatic rings. The Morgan fingerprint density at radius 2 is 1.85 bits per heavy atom. The molecule has 0 aliphatic heterocycles. The Morgan fingerprint density at radius 1 is 1.10 bits per heavy atom. The van der Waals surface area contributed by atoms with Crippen LogP contribution in [-0.2, 0) is 11.2 Å². The topological polar surface area (TPSA) is 29.1 Å². The minimum absolute atomic E-state index is 0.0954. The molecule has 0 radical (unpaired) electrons. The number of rotatable bonds is 4. The first-order valence-corrected chi connectivity index (χ1v) is 6.67. The lowest BCUT2D eigenvalue weighted by Gasteiger charge is -2.10. The molecule has 0 saturated carbocycles. The molecule has 0 aromatic heterocycles. The molecule has 104 valence electrons. The molecule has 20 heavy (non-hydrogen) atoms. The Hall–Kier alpha value is -2.16. The van der Waals surface area contributed by atoms with E-state index in [2.05, 4.69) is 5.32 Å². The monoisotopic (exact) mass is 271 g/mol. The Balaban J connectivity index is 1.96. The molecule has 1 N–H and O–H groups in total. The molecule has 0 atom stereocenters. The normalized spacial score (nSPS) is 10.3. The summed E-state index contributed by atoms with van der Waals surface area (Å²) in [7, 11) is 0. The van der Waals surface area contributed by atoms with E-state index < -0.39 is 0 Å². The molecule has 2 aromatic rings. The molecule has 2 nitrogen and oxygen atoms in total. The molecule has 1 amide bonds. The summed E-state index contributed by atoms with van der Waals surface area (Å²) in [5.41, 5.74) is 3.59. The molecular formula is C17H18FNO. The van der Waals surface area contributed by atoms with Crippen LogP contribution < -0.4 is 5.32 Å². The number of carbonyl (C=O) groups excluding carboxylic acids is 1. The zero-order valence-electron chi connectivity index (χ0n) is 11.7. The van der Waals surface area contributed by atoms with Crippen LogP contribution in [-0.4, -0.2) is 5.91 Å². The summed E-state index contributed by atoms with van der Waals surface area (Å²) < 4.78 is 13.5. The molecule has 0 aliphatic carbocycles. The minimum Gasteiger partial charge on any atom is -0.326 e. The summed E-state index contributed by atoms with van der Waals surface area (Å²) in [6.45, 7) is 3.98. The Bertz CT molecular complexity index is 622. The maximum absolute atomic E-state index is 13.5. The number of halogens is 1. The fraction of sp³-hybridized carbons (Fsp3) is 0.235. The van der Waals surface area contributed by atoms with E-state index in [9.17, 15) is 9.18 Å². The number of benzene rings is 2. The van der Waals surface area contributed by atoms with Crippen LogP contribution in [0.2, 0.25) is 0 Å². The van der Waals surface area contributed by atoms with Gasteiger partial charge in [0.15, 0.2) is 0 Å². The summed E-state index contributed by atoms with van der Waals surface area (Å²) in [5, 5.41) is 2.88. The Morgan fingerprint density at radius 3 is 2.60 bits per heavy atom. The number of anilines is 1. The van der Waals surface area contributed by atoms with E-state index in [1.54, 1.807) is 18.2 Å². The molecule has 0 saturated heterocycles. The maximum Gasteiger partial charge on any atom is 0.224 e. The quantitative estimate of drug-likeness (QED) is 0.894. The highest BCUT2D eigenvalue weighted by atomic mass is 19.1. The zero-order valence-corrected chi connectivity index (χ0v) is 11.7. The highest BCUT2D eigenvalue weighted by Gasteiger charge is 2.08. The van der Waals surface area contributed by atoms with Crippen molar-refractivity contribution >= 4 is 11.6 Å². The summed E-state index contributed by atoms with van der Waals surface area (Å²) >= 11 is 0. The smallest absolute Gasteiger partial charge is 0.224 e. The average molecular weight is 271 g/mol. The first-order valence-electron chi connectivity index (χ1n) is 6.67. The van der Waals surface area contributed by atoms with Crippen molar-refractivity contribution in [3.05, 3.63) is 65.0 Å². The van der Waals surface area contributed by atoms with E-state index in [1.165, 1.54) is 6.07 Å². The summed E-state index contributed by atoms with van der Waals surface area (Å²) in [6, 6.07) is 12.3. The third kappa shape index (κ3) is 3.44. The van der Waals surface area contributed by atoms with Crippen molar-refractivity contribution in [2.24, 2.45) is 0 Å². The first-order chi connectivity index (χ1) is 9.58. The van der Waals surface area contributed by atoms with Gasteiger partial charge in [0.25, 0.3) is 0 Å². The van der Waals surface area contributed by atoms with E-state index in [4.69, 9.17) is 0 Å². The van der Waals surface area contributed by atoms with Gasteiger partial charge in [-0.1, -0.05) is 30.3 Å². The third-order valence-corrected chi connectivity index (χ3v) is 3.46. The van der Waals surface area contributed by atoms with Gasteiger partial charge in [0, 0.05) is 12.1 Å². The van der Waals surface area contributed by atoms with Crippen molar-refractivity contribution in [3.8, 4) is 0 Å². The van der Waals surface area contributed by atoms with Gasteiger partial charge < -0.3 is 5.32 Å². The van der Waals surface area contributed by atoms with Gasteiger partial charge in [0.2, 0.25) is 5.91 Å². The van der Waals surface area contributed by atoms with Crippen molar-refractivity contribution in [2.45, 2.75) is 26.7 Å². The summed E-state index contributed by atoms with van der Waals surface area (Å²) in [5.74, 6) is -0.353. The Kier molecular flexibility index (Phi) is 4.51. The van der Waals surface area contributed by atoms with Crippen LogP contribution in [0.25, 0.3) is 0 Å². The average Bonchev–Trinajstić information content (AvgIpc) is 2.43. The zero-order chi connectivity index (χ0) is 14.5. The summed E-state index contributed by atoms with van der Waals surface area (Å²) in [6.07, 6.45) is 0.678. The third-order valence-electron chi connectivity index (χ3n) is 3.46. The molecular weight excluding hydrogens is 253 g/mol. The van der Waals surface area contributed by atoms with Gasteiger partial charge in [0.1, 0.15) is 5.82 Å². The van der Waals surface area contributed by atoms with Gasteiger partial charge >= 0.3 is 0 Å². The lowest BCUT2D eigenvalue weighted by molar-refractivity contribution is -0.116. The molecule has 0 bridgehead atoms. The Labute approximate surface area is 118 Å². The fourth-order valence-electron chi connectivity index (χ4n) is 2.05. The predicted molar refractivity (Wildman–Crippen MR) is 79.3 cm³/mol. The largest absolute Gasteiger partial charge is 0.326 e. The number of hydrogen-bond donors (Lipinski definition) is 1. The second-order valence-corrected chi connectivity index (χ2v) is 4.89. The SMILES string of the molecule is Cc1cccc(NC(=O)CCc2ccccc2F)c1C. The fourth-order valence-corrected chi connectivity index (χ4v) is 2.05. The predicted octanol–water partition coefficient (Wildman–Crippen LogP) is 4.01. The van der Waals surface area contributed by atoms with Crippen molar-refractivity contribution < 1.29 is 9.18 Å². The van der Waals surface area contributed by atoms with E-state index in [0.29, 0.717) is 12.0 Å². The lowest BCUT2D eigenvalue weighted by Crippen LogP contribution is -2.13. The molecule has 0 unspecified atom stereocenters. The minimum atomic E-state index is -0.257. The van der Waals surface area contributed by atoms with Gasteiger partial charge in [0.05, 0.1) is 0 Å².